The van der Waals surface area contributed by atoms with Crippen LogP contribution in [0.2, 0.25) is 0 Å². The molecule has 1 aromatic heterocycles. The van der Waals surface area contributed by atoms with Gasteiger partial charge >= 0.3 is 5.69 Å². The molecule has 0 spiro atoms. The van der Waals surface area contributed by atoms with Crippen molar-refractivity contribution in [2.45, 2.75) is 51.6 Å². The zero-order chi connectivity index (χ0) is 25.3. The molecular formula is C25H30N4O5S. The van der Waals surface area contributed by atoms with E-state index in [-0.39, 0.29) is 29.5 Å². The number of carbonyl (C=O) groups is 1. The highest BCUT2D eigenvalue weighted by Crippen LogP contribution is 2.30. The number of anilines is 1. The van der Waals surface area contributed by atoms with Gasteiger partial charge in [0.15, 0.2) is 0 Å². The van der Waals surface area contributed by atoms with E-state index in [9.17, 15) is 22.8 Å². The molecule has 10 heteroatoms. The van der Waals surface area contributed by atoms with Crippen LogP contribution >= 0.6 is 0 Å². The van der Waals surface area contributed by atoms with Gasteiger partial charge in [-0.3, -0.25) is 18.7 Å². The Balaban J connectivity index is 1.72. The first-order valence-electron chi connectivity index (χ1n) is 11.9. The van der Waals surface area contributed by atoms with Crippen LogP contribution in [0, 0.1) is 0 Å². The third-order valence-electron chi connectivity index (χ3n) is 6.56. The average molecular weight is 499 g/mol. The molecule has 35 heavy (non-hydrogen) atoms. The Morgan fingerprint density at radius 2 is 1.71 bits per heavy atom. The molecule has 1 aliphatic heterocycles. The number of carbonyl (C=O) groups excluding carboxylic acids is 1. The summed E-state index contributed by atoms with van der Waals surface area (Å²) in [5, 5.41) is 0.382. The maximum absolute atomic E-state index is 13.4. The number of amides is 1. The Hall–Kier alpha value is -3.24. The van der Waals surface area contributed by atoms with Gasteiger partial charge in [-0.25, -0.2) is 13.2 Å². The number of rotatable bonds is 7. The molecule has 3 aromatic rings. The highest BCUT2D eigenvalue weighted by atomic mass is 32.2. The molecule has 0 radical (unpaired) electrons. The van der Waals surface area contributed by atoms with E-state index < -0.39 is 15.7 Å². The average Bonchev–Trinajstić information content (AvgIpc) is 2.86. The van der Waals surface area contributed by atoms with Crippen LogP contribution in [-0.2, 0) is 34.3 Å². The summed E-state index contributed by atoms with van der Waals surface area (Å²) in [6, 6.07) is 11.6. The molecule has 9 nitrogen and oxygen atoms in total. The van der Waals surface area contributed by atoms with Gasteiger partial charge in [0, 0.05) is 31.9 Å². The second-order valence-electron chi connectivity index (χ2n) is 8.46. The molecule has 1 amide bonds. The van der Waals surface area contributed by atoms with Crippen LogP contribution in [-0.4, -0.2) is 47.4 Å². The molecule has 0 atom stereocenters. The lowest BCUT2D eigenvalue weighted by atomic mass is 10.0. The first kappa shape index (κ1) is 24.9. The van der Waals surface area contributed by atoms with Gasteiger partial charge in [0.25, 0.3) is 5.56 Å². The molecule has 0 unspecified atom stereocenters. The summed E-state index contributed by atoms with van der Waals surface area (Å²) in [4.78, 5) is 41.0. The Morgan fingerprint density at radius 1 is 1.00 bits per heavy atom. The first-order valence-corrected chi connectivity index (χ1v) is 13.3. The van der Waals surface area contributed by atoms with E-state index in [2.05, 4.69) is 0 Å². The number of hydrogen-bond donors (Lipinski definition) is 0. The number of benzene rings is 2. The van der Waals surface area contributed by atoms with Crippen molar-refractivity contribution in [3.63, 3.8) is 0 Å². The predicted octanol–water partition coefficient (Wildman–Crippen LogP) is 2.19. The van der Waals surface area contributed by atoms with Crippen molar-refractivity contribution < 1.29 is 13.2 Å². The number of fused-ring (bicyclic) bond motifs is 2. The van der Waals surface area contributed by atoms with E-state index >= 15 is 0 Å². The van der Waals surface area contributed by atoms with Crippen molar-refractivity contribution >= 4 is 32.5 Å². The Morgan fingerprint density at radius 3 is 2.40 bits per heavy atom. The zero-order valence-corrected chi connectivity index (χ0v) is 21.0. The minimum atomic E-state index is -3.61. The number of nitrogens with zero attached hydrogens (tertiary/aromatic N) is 4. The van der Waals surface area contributed by atoms with Crippen molar-refractivity contribution in [2.24, 2.45) is 0 Å². The number of hydrogen-bond acceptors (Lipinski definition) is 5. The maximum Gasteiger partial charge on any atom is 0.331 e. The van der Waals surface area contributed by atoms with Crippen molar-refractivity contribution in [3.05, 3.63) is 68.9 Å². The van der Waals surface area contributed by atoms with Crippen LogP contribution in [0.1, 0.15) is 32.8 Å². The standard InChI is InChI=1S/C25H30N4O5S/c1-4-26(5-2)35(33,34)19-13-14-21-18(16-19)10-9-15-28(21)23(30)17-29-22-12-8-7-11-20(22)24(31)27(6-3)25(29)32/h7-8,11-14,16H,4-6,9-10,15,17H2,1-3H3. The normalized spacial score (nSPS) is 13.9. The summed E-state index contributed by atoms with van der Waals surface area (Å²) in [7, 11) is -3.61. The fourth-order valence-corrected chi connectivity index (χ4v) is 6.24. The Kier molecular flexibility index (Phi) is 6.95. The van der Waals surface area contributed by atoms with Crippen LogP contribution < -0.4 is 16.1 Å². The first-order chi connectivity index (χ1) is 16.7. The molecule has 1 aliphatic rings. The van der Waals surface area contributed by atoms with Crippen molar-refractivity contribution in [1.29, 1.82) is 0 Å². The van der Waals surface area contributed by atoms with Crippen LogP contribution in [0.5, 0.6) is 0 Å². The van der Waals surface area contributed by atoms with Gasteiger partial charge in [0.2, 0.25) is 15.9 Å². The molecule has 0 saturated carbocycles. The Labute approximate surface area is 204 Å². The minimum absolute atomic E-state index is 0.201. The van der Waals surface area contributed by atoms with Crippen LogP contribution in [0.25, 0.3) is 10.9 Å². The van der Waals surface area contributed by atoms with E-state index in [1.807, 2.05) is 0 Å². The second kappa shape index (κ2) is 9.79. The summed E-state index contributed by atoms with van der Waals surface area (Å²) in [5.74, 6) is -0.293. The van der Waals surface area contributed by atoms with Crippen LogP contribution in [0.15, 0.2) is 56.9 Å². The van der Waals surface area contributed by atoms with Crippen LogP contribution in [0.4, 0.5) is 5.69 Å². The summed E-state index contributed by atoms with van der Waals surface area (Å²) < 4.78 is 29.8. The monoisotopic (exact) mass is 498 g/mol. The molecule has 0 aliphatic carbocycles. The fourth-order valence-electron chi connectivity index (χ4n) is 4.73. The molecule has 2 aromatic carbocycles. The predicted molar refractivity (Wildman–Crippen MR) is 135 cm³/mol. The summed E-state index contributed by atoms with van der Waals surface area (Å²) >= 11 is 0. The molecule has 2 heterocycles. The number of sulfonamides is 1. The molecule has 4 rings (SSSR count). The van der Waals surface area contributed by atoms with E-state index in [1.54, 1.807) is 62.1 Å². The maximum atomic E-state index is 13.4. The molecule has 0 bridgehead atoms. The molecular weight excluding hydrogens is 468 g/mol. The lowest BCUT2D eigenvalue weighted by Gasteiger charge is -2.30. The molecule has 0 saturated heterocycles. The summed E-state index contributed by atoms with van der Waals surface area (Å²) in [6.07, 6.45) is 1.34. The molecule has 0 N–H and O–H groups in total. The topological polar surface area (TPSA) is 102 Å². The van der Waals surface area contributed by atoms with Gasteiger partial charge in [-0.15, -0.1) is 0 Å². The molecule has 0 fully saturated rings. The van der Waals surface area contributed by atoms with E-state index in [0.717, 1.165) is 10.1 Å². The van der Waals surface area contributed by atoms with Gasteiger partial charge < -0.3 is 4.90 Å². The van der Waals surface area contributed by atoms with Crippen LogP contribution in [0.3, 0.4) is 0 Å². The lowest BCUT2D eigenvalue weighted by molar-refractivity contribution is -0.119. The number of para-hydroxylation sites is 1. The minimum Gasteiger partial charge on any atom is -0.311 e. The van der Waals surface area contributed by atoms with Gasteiger partial charge in [0.05, 0.1) is 15.8 Å². The third-order valence-corrected chi connectivity index (χ3v) is 8.60. The summed E-state index contributed by atoms with van der Waals surface area (Å²) in [6.45, 7) is 6.51. The number of aryl methyl sites for hydroxylation is 1. The largest absolute Gasteiger partial charge is 0.331 e. The van der Waals surface area contributed by atoms with Crippen molar-refractivity contribution in [2.75, 3.05) is 24.5 Å². The smallest absolute Gasteiger partial charge is 0.311 e. The Bertz CT molecular complexity index is 1500. The van der Waals surface area contributed by atoms with Crippen molar-refractivity contribution in [3.8, 4) is 0 Å². The van der Waals surface area contributed by atoms with Gasteiger partial charge in [-0.2, -0.15) is 4.31 Å². The third kappa shape index (κ3) is 4.32. The highest BCUT2D eigenvalue weighted by Gasteiger charge is 2.28. The van der Waals surface area contributed by atoms with Gasteiger partial charge in [0.1, 0.15) is 6.54 Å². The SMILES string of the molecule is CCN(CC)S(=O)(=O)c1ccc2c(c1)CCCN2C(=O)Cn1c(=O)n(CC)c(=O)c2ccccc21. The van der Waals surface area contributed by atoms with E-state index in [0.29, 0.717) is 49.1 Å². The zero-order valence-electron chi connectivity index (χ0n) is 20.2. The molecule has 186 valence electrons. The van der Waals surface area contributed by atoms with Crippen molar-refractivity contribution in [1.82, 2.24) is 13.4 Å². The van der Waals surface area contributed by atoms with E-state index in [1.165, 1.54) is 14.9 Å². The second-order valence-corrected chi connectivity index (χ2v) is 10.4. The number of aromatic nitrogens is 2. The lowest BCUT2D eigenvalue weighted by Crippen LogP contribution is -2.44. The van der Waals surface area contributed by atoms with E-state index in [4.69, 9.17) is 0 Å². The quantitative estimate of drug-likeness (QED) is 0.497. The highest BCUT2D eigenvalue weighted by molar-refractivity contribution is 7.89. The van der Waals surface area contributed by atoms with Gasteiger partial charge in [-0.05, 0) is 55.7 Å². The fraction of sp³-hybridized carbons (Fsp3) is 0.400. The van der Waals surface area contributed by atoms with Gasteiger partial charge in [-0.1, -0.05) is 26.0 Å². The summed E-state index contributed by atoms with van der Waals surface area (Å²) in [5.41, 5.74) is 0.956.